The van der Waals surface area contributed by atoms with Crippen LogP contribution < -0.4 is 19.3 Å². The van der Waals surface area contributed by atoms with Crippen molar-refractivity contribution in [3.8, 4) is 5.75 Å². The van der Waals surface area contributed by atoms with E-state index in [0.717, 1.165) is 37.6 Å². The van der Waals surface area contributed by atoms with Gasteiger partial charge in [-0.2, -0.15) is 13.2 Å². The van der Waals surface area contributed by atoms with E-state index in [9.17, 15) is 31.5 Å². The number of carboxylic acid groups (broad SMARTS) is 2. The van der Waals surface area contributed by atoms with Crippen molar-refractivity contribution in [2.24, 2.45) is 0 Å². The Morgan fingerprint density at radius 1 is 0.850 bits per heavy atom. The van der Waals surface area contributed by atoms with Gasteiger partial charge in [-0.3, -0.25) is 4.72 Å². The van der Waals surface area contributed by atoms with Crippen molar-refractivity contribution < 1.29 is 46.1 Å². The highest BCUT2D eigenvalue weighted by atomic mass is 32.2. The number of rotatable bonds is 7. The molecule has 3 aromatic carbocycles. The van der Waals surface area contributed by atoms with Gasteiger partial charge < -0.3 is 24.7 Å². The second-order valence-corrected chi connectivity index (χ2v) is 10.1. The molecule has 0 aromatic heterocycles. The summed E-state index contributed by atoms with van der Waals surface area (Å²) in [6.07, 6.45) is -5.08. The topological polar surface area (TPSA) is 136 Å². The molecule has 0 bridgehead atoms. The number of anilines is 3. The molecule has 3 aromatic rings. The first-order valence-electron chi connectivity index (χ1n) is 11.7. The molecule has 0 aliphatic carbocycles. The van der Waals surface area contributed by atoms with E-state index in [1.54, 1.807) is 6.07 Å². The zero-order valence-corrected chi connectivity index (χ0v) is 21.9. The van der Waals surface area contributed by atoms with Crippen molar-refractivity contribution in [2.45, 2.75) is 11.1 Å². The van der Waals surface area contributed by atoms with E-state index in [-0.39, 0.29) is 16.1 Å². The van der Waals surface area contributed by atoms with Crippen molar-refractivity contribution in [2.75, 3.05) is 47.8 Å². The van der Waals surface area contributed by atoms with Crippen LogP contribution in [-0.4, -0.2) is 70.0 Å². The Hall–Kier alpha value is -4.46. The molecule has 0 amide bonds. The lowest BCUT2D eigenvalue weighted by Crippen LogP contribution is -2.46. The highest BCUT2D eigenvalue weighted by Gasteiger charge is 2.38. The minimum atomic E-state index is -5.08. The lowest BCUT2D eigenvalue weighted by atomic mass is 10.1. The van der Waals surface area contributed by atoms with Gasteiger partial charge in [-0.1, -0.05) is 18.2 Å². The Kier molecular flexibility index (Phi) is 9.47. The number of piperazine rings is 1. The smallest absolute Gasteiger partial charge is 0.490 e. The number of alkyl halides is 3. The Bertz CT molecular complexity index is 1430. The van der Waals surface area contributed by atoms with Gasteiger partial charge in [0.15, 0.2) is 0 Å². The Labute approximate surface area is 228 Å². The van der Waals surface area contributed by atoms with Crippen LogP contribution in [0.2, 0.25) is 0 Å². The molecule has 1 heterocycles. The minimum Gasteiger partial charge on any atom is -0.497 e. The summed E-state index contributed by atoms with van der Waals surface area (Å²) >= 11 is 0. The lowest BCUT2D eigenvalue weighted by Gasteiger charge is -2.37. The first kappa shape index (κ1) is 30.1. The monoisotopic (exact) mass is 581 g/mol. The predicted molar refractivity (Wildman–Crippen MR) is 142 cm³/mol. The molecule has 1 saturated heterocycles. The minimum absolute atomic E-state index is 0.0146. The van der Waals surface area contributed by atoms with E-state index in [1.807, 2.05) is 18.2 Å². The normalized spacial score (nSPS) is 13.6. The molecule has 0 radical (unpaired) electrons. The van der Waals surface area contributed by atoms with Crippen LogP contribution in [0.4, 0.5) is 30.2 Å². The fourth-order valence-corrected chi connectivity index (χ4v) is 4.89. The quantitative estimate of drug-likeness (QED) is 0.376. The standard InChI is InChI=1S/C24H25N3O5S.C2HF3O2/c1-32-20-8-10-21(11-9-20)33(30,31)25-23-12-7-19(17-22(23)24(28)29)27-15-13-26(14-16-27)18-5-3-2-4-6-18;3-2(4,5)1(6)7/h2-12,17,25H,13-16H2,1H3,(H,28,29);(H,6,7). The molecule has 0 spiro atoms. The fraction of sp³-hybridized carbons (Fsp3) is 0.231. The SMILES string of the molecule is COc1ccc(S(=O)(=O)Nc2ccc(N3CCN(c4ccccc4)CC3)cc2C(=O)O)cc1.O=C(O)C(F)(F)F. The van der Waals surface area contributed by atoms with E-state index in [0.29, 0.717) is 5.75 Å². The van der Waals surface area contributed by atoms with Crippen LogP contribution in [0.15, 0.2) is 77.7 Å². The van der Waals surface area contributed by atoms with Crippen LogP contribution in [0, 0.1) is 0 Å². The molecule has 14 heteroatoms. The molecule has 40 heavy (non-hydrogen) atoms. The number of nitrogens with one attached hydrogen (secondary N) is 1. The first-order valence-corrected chi connectivity index (χ1v) is 13.2. The molecule has 0 atom stereocenters. The average Bonchev–Trinajstić information content (AvgIpc) is 2.93. The van der Waals surface area contributed by atoms with E-state index in [1.165, 1.54) is 43.5 Å². The summed E-state index contributed by atoms with van der Waals surface area (Å²) in [5.41, 5.74) is 1.82. The third-order valence-corrected chi connectivity index (χ3v) is 7.24. The van der Waals surface area contributed by atoms with Gasteiger partial charge in [0.1, 0.15) is 5.75 Å². The van der Waals surface area contributed by atoms with Gasteiger partial charge in [0.25, 0.3) is 10.0 Å². The molecule has 0 saturated carbocycles. The molecule has 4 rings (SSSR count). The maximum Gasteiger partial charge on any atom is 0.490 e. The van der Waals surface area contributed by atoms with E-state index >= 15 is 0 Å². The largest absolute Gasteiger partial charge is 0.497 e. The number of benzene rings is 3. The summed E-state index contributed by atoms with van der Waals surface area (Å²) in [7, 11) is -2.47. The van der Waals surface area contributed by atoms with Crippen LogP contribution in [0.25, 0.3) is 0 Å². The Morgan fingerprint density at radius 3 is 1.85 bits per heavy atom. The van der Waals surface area contributed by atoms with Gasteiger partial charge in [0, 0.05) is 37.6 Å². The van der Waals surface area contributed by atoms with Crippen LogP contribution >= 0.6 is 0 Å². The van der Waals surface area contributed by atoms with Crippen LogP contribution in [0.1, 0.15) is 10.4 Å². The summed E-state index contributed by atoms with van der Waals surface area (Å²) < 4.78 is 64.7. The number of para-hydroxylation sites is 1. The number of hydrogen-bond acceptors (Lipinski definition) is 7. The van der Waals surface area contributed by atoms with E-state index in [2.05, 4.69) is 26.7 Å². The first-order chi connectivity index (χ1) is 18.8. The highest BCUT2D eigenvalue weighted by molar-refractivity contribution is 7.92. The maximum atomic E-state index is 12.8. The summed E-state index contributed by atoms with van der Waals surface area (Å²) in [5, 5.41) is 16.9. The van der Waals surface area contributed by atoms with Crippen molar-refractivity contribution in [1.82, 2.24) is 0 Å². The summed E-state index contributed by atoms with van der Waals surface area (Å²) in [6, 6.07) is 20.8. The number of aromatic carboxylic acids is 1. The number of aliphatic carboxylic acids is 1. The number of carbonyl (C=O) groups is 2. The third kappa shape index (κ3) is 7.79. The predicted octanol–water partition coefficient (Wildman–Crippen LogP) is 4.15. The number of nitrogens with zero attached hydrogens (tertiary/aromatic N) is 2. The third-order valence-electron chi connectivity index (χ3n) is 5.86. The summed E-state index contributed by atoms with van der Waals surface area (Å²) in [4.78, 5) is 25.2. The van der Waals surface area contributed by atoms with Gasteiger partial charge in [-0.25, -0.2) is 18.0 Å². The number of sulfonamides is 1. The van der Waals surface area contributed by atoms with E-state index in [4.69, 9.17) is 14.6 Å². The van der Waals surface area contributed by atoms with Crippen LogP contribution in [-0.2, 0) is 14.8 Å². The highest BCUT2D eigenvalue weighted by Crippen LogP contribution is 2.28. The Morgan fingerprint density at radius 2 is 1.38 bits per heavy atom. The Balaban J connectivity index is 0.000000559. The molecule has 10 nitrogen and oxygen atoms in total. The number of halogens is 3. The molecule has 1 aliphatic heterocycles. The fourth-order valence-electron chi connectivity index (χ4n) is 3.82. The lowest BCUT2D eigenvalue weighted by molar-refractivity contribution is -0.192. The van der Waals surface area contributed by atoms with Gasteiger partial charge in [0.2, 0.25) is 0 Å². The van der Waals surface area contributed by atoms with Gasteiger partial charge in [0.05, 0.1) is 23.3 Å². The second-order valence-electron chi connectivity index (χ2n) is 8.43. The molecular weight excluding hydrogens is 555 g/mol. The summed E-state index contributed by atoms with van der Waals surface area (Å²) in [5.74, 6) is -3.43. The number of hydrogen-bond donors (Lipinski definition) is 3. The van der Waals surface area contributed by atoms with E-state index < -0.39 is 28.1 Å². The van der Waals surface area contributed by atoms with Crippen molar-refractivity contribution in [1.29, 1.82) is 0 Å². The van der Waals surface area contributed by atoms with Crippen LogP contribution in [0.5, 0.6) is 5.75 Å². The van der Waals surface area contributed by atoms with Crippen molar-refractivity contribution in [3.05, 3.63) is 78.4 Å². The van der Waals surface area contributed by atoms with Crippen molar-refractivity contribution in [3.63, 3.8) is 0 Å². The number of ether oxygens (including phenoxy) is 1. The van der Waals surface area contributed by atoms with Gasteiger partial charge in [-0.05, 0) is 54.6 Å². The second kappa shape index (κ2) is 12.6. The zero-order valence-electron chi connectivity index (χ0n) is 21.1. The maximum absolute atomic E-state index is 12.8. The van der Waals surface area contributed by atoms with Gasteiger partial charge in [-0.15, -0.1) is 0 Å². The van der Waals surface area contributed by atoms with Crippen LogP contribution in [0.3, 0.4) is 0 Å². The molecule has 3 N–H and O–H groups in total. The van der Waals surface area contributed by atoms with Crippen molar-refractivity contribution >= 4 is 39.0 Å². The molecule has 214 valence electrons. The summed E-state index contributed by atoms with van der Waals surface area (Å²) in [6.45, 7) is 3.06. The number of carboxylic acids is 2. The van der Waals surface area contributed by atoms with Gasteiger partial charge >= 0.3 is 18.1 Å². The number of methoxy groups -OCH3 is 1. The average molecular weight is 582 g/mol. The molecular formula is C26H26F3N3O7S. The molecule has 1 aliphatic rings. The molecule has 1 fully saturated rings. The molecule has 0 unspecified atom stereocenters. The zero-order chi connectivity index (χ0) is 29.5.